The number of para-hydroxylation sites is 1. The molecule has 0 unspecified atom stereocenters. The summed E-state index contributed by atoms with van der Waals surface area (Å²) >= 11 is 1.15. The molecule has 1 N–H and O–H groups in total. The van der Waals surface area contributed by atoms with Gasteiger partial charge in [0.25, 0.3) is 12.1 Å². The Morgan fingerprint density at radius 3 is 2.67 bits per heavy atom. The number of benzene rings is 2. The molecule has 5 rings (SSSR count). The molecule has 1 aromatic heterocycles. The van der Waals surface area contributed by atoms with Gasteiger partial charge in [-0.25, -0.2) is 4.99 Å². The van der Waals surface area contributed by atoms with Crippen LogP contribution < -0.4 is 29.5 Å². The van der Waals surface area contributed by atoms with Crippen molar-refractivity contribution < 1.29 is 28.4 Å². The normalized spacial score (nSPS) is 16.4. The lowest BCUT2D eigenvalue weighted by atomic mass is 10.1. The van der Waals surface area contributed by atoms with Crippen molar-refractivity contribution in [3.05, 3.63) is 66.0 Å². The van der Waals surface area contributed by atoms with E-state index in [0.29, 0.717) is 27.9 Å². The fourth-order valence-corrected chi connectivity index (χ4v) is 5.12. The zero-order valence-electron chi connectivity index (χ0n) is 21.7. The van der Waals surface area contributed by atoms with Crippen LogP contribution in [0.15, 0.2) is 69.9 Å². The van der Waals surface area contributed by atoms with E-state index >= 15 is 0 Å². The van der Waals surface area contributed by atoms with E-state index in [4.69, 9.17) is 14.0 Å². The number of anilines is 2. The Hall–Kier alpha value is -4.32. The molecule has 0 atom stereocenters. The third-order valence-electron chi connectivity index (χ3n) is 6.25. The molecule has 2 amide bonds. The molecule has 1 saturated heterocycles. The van der Waals surface area contributed by atoms with Crippen molar-refractivity contribution >= 4 is 46.4 Å². The summed E-state index contributed by atoms with van der Waals surface area (Å²) in [5.41, 5.74) is 1.51. The van der Waals surface area contributed by atoms with E-state index in [0.717, 1.165) is 37.7 Å². The molecule has 2 aliphatic rings. The average molecular weight is 550 g/mol. The molecule has 202 valence electrons. The number of carbonyl (C=O) groups excluding carboxylic acids is 2. The molecule has 39 heavy (non-hydrogen) atoms. The summed E-state index contributed by atoms with van der Waals surface area (Å²) in [5.74, 6) is 0.838. The summed E-state index contributed by atoms with van der Waals surface area (Å²) in [4.78, 5) is 34.0. The molecule has 0 aliphatic carbocycles. The predicted octanol–water partition coefficient (Wildman–Crippen LogP) is 3.22. The summed E-state index contributed by atoms with van der Waals surface area (Å²) in [6, 6.07) is 14.5. The zero-order valence-corrected chi connectivity index (χ0v) is 22.5. The molecule has 3 aromatic rings. The maximum Gasteiger partial charge on any atom is 0.305 e. The van der Waals surface area contributed by atoms with Gasteiger partial charge in [0.05, 0.1) is 43.5 Å². The van der Waals surface area contributed by atoms with Crippen molar-refractivity contribution in [2.45, 2.75) is 19.3 Å². The number of amidine groups is 1. The Balaban J connectivity index is 1.33. The highest BCUT2D eigenvalue weighted by Crippen LogP contribution is 2.32. The Morgan fingerprint density at radius 2 is 1.92 bits per heavy atom. The van der Waals surface area contributed by atoms with E-state index in [1.807, 2.05) is 30.3 Å². The van der Waals surface area contributed by atoms with Gasteiger partial charge in [0.15, 0.2) is 5.17 Å². The van der Waals surface area contributed by atoms with Crippen LogP contribution in [0, 0.1) is 0 Å². The van der Waals surface area contributed by atoms with Gasteiger partial charge < -0.3 is 9.47 Å². The maximum atomic E-state index is 13.5. The van der Waals surface area contributed by atoms with Crippen molar-refractivity contribution in [2.24, 2.45) is 4.99 Å². The minimum atomic E-state index is -0.313. The van der Waals surface area contributed by atoms with Gasteiger partial charge in [-0.3, -0.25) is 24.3 Å². The Labute approximate surface area is 230 Å². The Morgan fingerprint density at radius 1 is 1.13 bits per heavy atom. The minimum Gasteiger partial charge on any atom is -0.497 e. The molecule has 2 aromatic carbocycles. The number of methoxy groups -OCH3 is 2. The van der Waals surface area contributed by atoms with Gasteiger partial charge in [0.2, 0.25) is 11.2 Å². The molecule has 12 heteroatoms. The highest BCUT2D eigenvalue weighted by molar-refractivity contribution is 8.14. The van der Waals surface area contributed by atoms with Crippen LogP contribution in [-0.2, 0) is 9.59 Å². The number of hydrogen-bond donors (Lipinski definition) is 1. The fourth-order valence-electron chi connectivity index (χ4n) is 4.31. The summed E-state index contributed by atoms with van der Waals surface area (Å²) in [6.07, 6.45) is 6.70. The summed E-state index contributed by atoms with van der Waals surface area (Å²) in [5, 5.41) is 9.19. The second-order valence-corrected chi connectivity index (χ2v) is 9.79. The van der Waals surface area contributed by atoms with Gasteiger partial charge in [-0.1, -0.05) is 30.0 Å². The van der Waals surface area contributed by atoms with Crippen molar-refractivity contribution in [1.82, 2.24) is 5.27 Å². The molecule has 0 spiro atoms. The van der Waals surface area contributed by atoms with Crippen molar-refractivity contribution in [3.8, 4) is 11.5 Å². The number of ether oxygens (including phenoxy) is 2. The second-order valence-electron chi connectivity index (χ2n) is 8.85. The average Bonchev–Trinajstić information content (AvgIpc) is 3.56. The molecular formula is C27H29N6O5S+. The maximum absolute atomic E-state index is 13.5. The molecule has 0 radical (unpaired) electrons. The lowest BCUT2D eigenvalue weighted by Crippen LogP contribution is -2.60. The molecule has 1 fully saturated rings. The molecular weight excluding hydrogens is 520 g/mol. The van der Waals surface area contributed by atoms with Crippen LogP contribution in [0.25, 0.3) is 6.08 Å². The third-order valence-corrected chi connectivity index (χ3v) is 7.18. The number of hydrogen-bond acceptors (Lipinski definition) is 9. The summed E-state index contributed by atoms with van der Waals surface area (Å²) < 4.78 is 16.1. The van der Waals surface area contributed by atoms with Gasteiger partial charge in [-0.2, -0.15) is 5.01 Å². The molecule has 11 nitrogen and oxygen atoms in total. The van der Waals surface area contributed by atoms with E-state index in [2.05, 4.69) is 20.6 Å². The number of aromatic nitrogens is 2. The predicted molar refractivity (Wildman–Crippen MR) is 148 cm³/mol. The fraction of sp³-hybridized carbons (Fsp3) is 0.296. The first-order valence-corrected chi connectivity index (χ1v) is 13.5. The van der Waals surface area contributed by atoms with Gasteiger partial charge in [0.1, 0.15) is 17.2 Å². The largest absolute Gasteiger partial charge is 0.497 e. The number of nitrogens with zero attached hydrogens (tertiary/aromatic N) is 5. The smallest absolute Gasteiger partial charge is 0.305 e. The number of aliphatic imine (C=N–C) groups is 1. The molecule has 2 aliphatic heterocycles. The lowest BCUT2D eigenvalue weighted by molar-refractivity contribution is -0.759. The van der Waals surface area contributed by atoms with E-state index in [9.17, 15) is 9.59 Å². The van der Waals surface area contributed by atoms with Crippen molar-refractivity contribution in [2.75, 3.05) is 48.3 Å². The van der Waals surface area contributed by atoms with Crippen LogP contribution in [0.3, 0.4) is 0 Å². The first-order valence-electron chi connectivity index (χ1n) is 12.5. The van der Waals surface area contributed by atoms with Gasteiger partial charge in [-0.15, -0.1) is 0 Å². The number of rotatable bonds is 8. The van der Waals surface area contributed by atoms with E-state index in [-0.39, 0.29) is 29.1 Å². The van der Waals surface area contributed by atoms with Crippen LogP contribution in [0.5, 0.6) is 11.5 Å². The van der Waals surface area contributed by atoms with Crippen LogP contribution in [-0.4, -0.2) is 55.3 Å². The van der Waals surface area contributed by atoms with Crippen molar-refractivity contribution in [1.29, 1.82) is 0 Å². The quantitative estimate of drug-likeness (QED) is 0.337. The highest BCUT2D eigenvalue weighted by Gasteiger charge is 2.33. The monoisotopic (exact) mass is 549 g/mol. The number of carbonyl (C=O) groups is 2. The van der Waals surface area contributed by atoms with Crippen LogP contribution in [0.1, 0.15) is 24.8 Å². The summed E-state index contributed by atoms with van der Waals surface area (Å²) in [7, 11) is 3.13. The Bertz CT molecular complexity index is 1400. The zero-order chi connectivity index (χ0) is 27.2. The first-order chi connectivity index (χ1) is 19.1. The van der Waals surface area contributed by atoms with E-state index in [1.54, 1.807) is 49.5 Å². The van der Waals surface area contributed by atoms with E-state index in [1.165, 1.54) is 11.3 Å². The van der Waals surface area contributed by atoms with Crippen LogP contribution >= 0.6 is 11.8 Å². The van der Waals surface area contributed by atoms with Crippen molar-refractivity contribution in [3.63, 3.8) is 0 Å². The highest BCUT2D eigenvalue weighted by atomic mass is 32.2. The first kappa shape index (κ1) is 26.3. The topological polar surface area (TPSA) is 113 Å². The molecule has 0 saturated carbocycles. The number of thioether (sulfide) groups is 1. The number of amides is 2. The van der Waals surface area contributed by atoms with Gasteiger partial charge in [-0.05, 0) is 55.7 Å². The standard InChI is InChI=1S/C27H28N6O5S/c1-36-21-11-12-23(37-2)19(15-21)16-22-26(35)33(20-9-5-3-6-10-20)27(28-22)39-18-24(34)29-25-17-32(30-38-25)31-13-7-4-8-14-31/h3,5-6,9-12,15-17H,4,7-8,13-14,18H2,1-2H3/p+1/b22-16+. The van der Waals surface area contributed by atoms with E-state index < -0.39 is 0 Å². The molecule has 0 bridgehead atoms. The van der Waals surface area contributed by atoms with Gasteiger partial charge >= 0.3 is 5.88 Å². The Kier molecular flexibility index (Phi) is 8.11. The van der Waals surface area contributed by atoms with Crippen LogP contribution in [0.2, 0.25) is 0 Å². The molecule has 3 heterocycles. The van der Waals surface area contributed by atoms with Gasteiger partial charge in [0, 0.05) is 5.56 Å². The third kappa shape index (κ3) is 6.06. The second kappa shape index (κ2) is 12.0. The lowest BCUT2D eigenvalue weighted by Gasteiger charge is -2.17. The summed E-state index contributed by atoms with van der Waals surface area (Å²) in [6.45, 7) is 1.78. The SMILES string of the molecule is COc1ccc(OC)c(/C=C2/N=C(SCC(=O)Nc3c[n+](N4CCCCC4)no3)N(c3ccccc3)C2=O)c1. The number of nitrogens with one attached hydrogen (secondary N) is 1. The number of piperidine rings is 1. The minimum absolute atomic E-state index is 0.00955. The van der Waals surface area contributed by atoms with Crippen LogP contribution in [0.4, 0.5) is 11.6 Å².